The van der Waals surface area contributed by atoms with Crippen molar-refractivity contribution in [2.75, 3.05) is 13.3 Å². The molecule has 2 aromatic heterocycles. The molecular weight excluding hydrogens is 368 g/mol. The number of pyridine rings is 1. The topological polar surface area (TPSA) is 126 Å². The summed E-state index contributed by atoms with van der Waals surface area (Å²) >= 11 is 0. The molecule has 0 atom stereocenters. The second-order valence-electron chi connectivity index (χ2n) is 5.66. The number of ether oxygens (including phenoxy) is 3. The van der Waals surface area contributed by atoms with E-state index >= 15 is 0 Å². The average Bonchev–Trinajstić information content (AvgIpc) is 3.40. The fraction of sp³-hybridized carbons (Fsp3) is 0.167. The van der Waals surface area contributed by atoms with Crippen LogP contribution in [0.3, 0.4) is 0 Å². The molecular formula is C18H14N4O6. The summed E-state index contributed by atoms with van der Waals surface area (Å²) in [7, 11) is 0. The second kappa shape index (κ2) is 7.74. The van der Waals surface area contributed by atoms with E-state index in [0.29, 0.717) is 28.5 Å². The molecule has 0 aliphatic carbocycles. The van der Waals surface area contributed by atoms with Gasteiger partial charge in [-0.3, -0.25) is 14.6 Å². The third-order valence-electron chi connectivity index (χ3n) is 3.77. The highest BCUT2D eigenvalue weighted by Crippen LogP contribution is 2.32. The molecule has 0 saturated heterocycles. The molecule has 4 rings (SSSR count). The van der Waals surface area contributed by atoms with Gasteiger partial charge < -0.3 is 24.1 Å². The zero-order valence-electron chi connectivity index (χ0n) is 14.5. The van der Waals surface area contributed by atoms with Crippen LogP contribution in [0.25, 0.3) is 11.4 Å². The van der Waals surface area contributed by atoms with E-state index in [4.69, 9.17) is 18.7 Å². The van der Waals surface area contributed by atoms with Crippen molar-refractivity contribution in [1.82, 2.24) is 20.4 Å². The lowest BCUT2D eigenvalue weighted by Gasteiger charge is -2.05. The number of nitrogens with one attached hydrogen (secondary N) is 1. The van der Waals surface area contributed by atoms with Crippen LogP contribution < -0.4 is 14.8 Å². The summed E-state index contributed by atoms with van der Waals surface area (Å²) in [5, 5.41) is 6.27. The molecule has 10 heteroatoms. The number of hydrogen-bond acceptors (Lipinski definition) is 9. The lowest BCUT2D eigenvalue weighted by Crippen LogP contribution is -2.30. The van der Waals surface area contributed by atoms with Gasteiger partial charge in [0.05, 0.1) is 0 Å². The van der Waals surface area contributed by atoms with Gasteiger partial charge in [0.15, 0.2) is 18.1 Å². The van der Waals surface area contributed by atoms with Crippen molar-refractivity contribution in [1.29, 1.82) is 0 Å². The molecule has 0 saturated carbocycles. The van der Waals surface area contributed by atoms with Crippen molar-refractivity contribution in [2.45, 2.75) is 6.61 Å². The Hall–Kier alpha value is -3.95. The zero-order valence-corrected chi connectivity index (χ0v) is 14.5. The quantitative estimate of drug-likeness (QED) is 0.628. The normalized spacial score (nSPS) is 11.9. The smallest absolute Gasteiger partial charge is 0.325 e. The molecule has 3 aromatic rings. The van der Waals surface area contributed by atoms with E-state index in [0.717, 1.165) is 0 Å². The Kier molecular flexibility index (Phi) is 4.83. The first kappa shape index (κ1) is 17.5. The van der Waals surface area contributed by atoms with Gasteiger partial charge >= 0.3 is 5.97 Å². The molecule has 0 unspecified atom stereocenters. The third-order valence-corrected chi connectivity index (χ3v) is 3.77. The second-order valence-corrected chi connectivity index (χ2v) is 5.66. The fourth-order valence-corrected chi connectivity index (χ4v) is 2.41. The van der Waals surface area contributed by atoms with Gasteiger partial charge in [0.1, 0.15) is 6.54 Å². The SMILES string of the molecule is O=C(CNC(=O)c1ccc2c(c1)OCO2)OCc1nc(-c2cccnc2)no1. The summed E-state index contributed by atoms with van der Waals surface area (Å²) in [5.74, 6) is 0.448. The van der Waals surface area contributed by atoms with Crippen LogP contribution >= 0.6 is 0 Å². The van der Waals surface area contributed by atoms with Gasteiger partial charge in [-0.2, -0.15) is 4.98 Å². The Labute approximate surface area is 158 Å². The monoisotopic (exact) mass is 382 g/mol. The minimum Gasteiger partial charge on any atom is -0.454 e. The van der Waals surface area contributed by atoms with Crippen LogP contribution in [-0.2, 0) is 16.1 Å². The van der Waals surface area contributed by atoms with Crippen LogP contribution in [0.15, 0.2) is 47.2 Å². The summed E-state index contributed by atoms with van der Waals surface area (Å²) in [6.45, 7) is -0.395. The van der Waals surface area contributed by atoms with Gasteiger partial charge in [-0.25, -0.2) is 0 Å². The predicted molar refractivity (Wildman–Crippen MR) is 92.2 cm³/mol. The fourth-order valence-electron chi connectivity index (χ4n) is 2.41. The van der Waals surface area contributed by atoms with Crippen molar-refractivity contribution >= 4 is 11.9 Å². The number of amides is 1. The Morgan fingerprint density at radius 1 is 1.18 bits per heavy atom. The summed E-state index contributed by atoms with van der Waals surface area (Å²) < 4.78 is 20.5. The van der Waals surface area contributed by atoms with E-state index < -0.39 is 11.9 Å². The first-order chi connectivity index (χ1) is 13.7. The van der Waals surface area contributed by atoms with Crippen molar-refractivity contribution in [3.8, 4) is 22.9 Å². The van der Waals surface area contributed by atoms with Gasteiger partial charge in [0.2, 0.25) is 12.6 Å². The van der Waals surface area contributed by atoms with Crippen molar-refractivity contribution in [3.63, 3.8) is 0 Å². The third kappa shape index (κ3) is 3.90. The van der Waals surface area contributed by atoms with E-state index in [2.05, 4.69) is 20.4 Å². The number of hydrogen-bond donors (Lipinski definition) is 1. The number of benzene rings is 1. The van der Waals surface area contributed by atoms with Crippen LogP contribution in [0.5, 0.6) is 11.5 Å². The average molecular weight is 382 g/mol. The predicted octanol–water partition coefficient (Wildman–Crippen LogP) is 1.33. The molecule has 1 aliphatic heterocycles. The Bertz CT molecular complexity index is 1000. The molecule has 0 radical (unpaired) electrons. The van der Waals surface area contributed by atoms with Crippen molar-refractivity contribution in [2.24, 2.45) is 0 Å². The van der Waals surface area contributed by atoms with E-state index in [1.165, 1.54) is 0 Å². The molecule has 3 heterocycles. The molecule has 142 valence electrons. The molecule has 0 spiro atoms. The number of carbonyl (C=O) groups is 2. The number of esters is 1. The first-order valence-corrected chi connectivity index (χ1v) is 8.25. The Morgan fingerprint density at radius 2 is 2.07 bits per heavy atom. The van der Waals surface area contributed by atoms with Crippen LogP contribution in [0.1, 0.15) is 16.2 Å². The van der Waals surface area contributed by atoms with Crippen LogP contribution in [0.2, 0.25) is 0 Å². The Balaban J connectivity index is 1.26. The molecule has 1 N–H and O–H groups in total. The van der Waals surface area contributed by atoms with Crippen LogP contribution in [-0.4, -0.2) is 40.3 Å². The maximum atomic E-state index is 12.1. The number of rotatable bonds is 6. The maximum absolute atomic E-state index is 12.1. The van der Waals surface area contributed by atoms with Gasteiger partial charge in [-0.1, -0.05) is 5.16 Å². The Morgan fingerprint density at radius 3 is 2.93 bits per heavy atom. The number of carbonyl (C=O) groups excluding carboxylic acids is 2. The summed E-state index contributed by atoms with van der Waals surface area (Å²) in [6.07, 6.45) is 3.22. The molecule has 0 bridgehead atoms. The standard InChI is InChI=1S/C18H14N4O6/c23-16(8-20-18(24)11-3-4-13-14(6-11)27-10-26-13)25-9-15-21-17(22-28-15)12-2-1-5-19-7-12/h1-7H,8-10H2,(H,20,24). The zero-order chi connectivity index (χ0) is 19.3. The summed E-state index contributed by atoms with van der Waals surface area (Å²) in [4.78, 5) is 32.0. The highest BCUT2D eigenvalue weighted by molar-refractivity contribution is 5.96. The van der Waals surface area contributed by atoms with Gasteiger partial charge in [0.25, 0.3) is 11.8 Å². The lowest BCUT2D eigenvalue weighted by molar-refractivity contribution is -0.144. The maximum Gasteiger partial charge on any atom is 0.325 e. The van der Waals surface area contributed by atoms with Gasteiger partial charge in [0, 0.05) is 23.5 Å². The molecule has 1 aliphatic rings. The molecule has 1 aromatic carbocycles. The van der Waals surface area contributed by atoms with E-state index in [9.17, 15) is 9.59 Å². The molecule has 10 nitrogen and oxygen atoms in total. The van der Waals surface area contributed by atoms with Gasteiger partial charge in [-0.05, 0) is 30.3 Å². The largest absolute Gasteiger partial charge is 0.454 e. The summed E-state index contributed by atoms with van der Waals surface area (Å²) in [5.41, 5.74) is 1.02. The molecule has 28 heavy (non-hydrogen) atoms. The molecule has 0 fully saturated rings. The van der Waals surface area contributed by atoms with E-state index in [1.807, 2.05) is 0 Å². The number of aromatic nitrogens is 3. The van der Waals surface area contributed by atoms with E-state index in [-0.39, 0.29) is 25.8 Å². The van der Waals surface area contributed by atoms with E-state index in [1.54, 1.807) is 42.7 Å². The van der Waals surface area contributed by atoms with Crippen molar-refractivity contribution in [3.05, 3.63) is 54.2 Å². The van der Waals surface area contributed by atoms with Crippen LogP contribution in [0.4, 0.5) is 0 Å². The molecule has 1 amide bonds. The summed E-state index contributed by atoms with van der Waals surface area (Å²) in [6, 6.07) is 8.27. The highest BCUT2D eigenvalue weighted by atomic mass is 16.7. The number of nitrogens with zero attached hydrogens (tertiary/aromatic N) is 3. The lowest BCUT2D eigenvalue weighted by atomic mass is 10.2. The van der Waals surface area contributed by atoms with Gasteiger partial charge in [-0.15, -0.1) is 0 Å². The van der Waals surface area contributed by atoms with Crippen LogP contribution in [0, 0.1) is 0 Å². The highest BCUT2D eigenvalue weighted by Gasteiger charge is 2.17. The minimum absolute atomic E-state index is 0.116. The first-order valence-electron chi connectivity index (χ1n) is 8.25. The number of fused-ring (bicyclic) bond motifs is 1. The van der Waals surface area contributed by atoms with Crippen molar-refractivity contribution < 1.29 is 28.3 Å². The minimum atomic E-state index is -0.643.